The van der Waals surface area contributed by atoms with E-state index in [9.17, 15) is 4.79 Å². The molecule has 25 heavy (non-hydrogen) atoms. The van der Waals surface area contributed by atoms with Crippen LogP contribution in [0.5, 0.6) is 0 Å². The summed E-state index contributed by atoms with van der Waals surface area (Å²) in [7, 11) is 2.14. The highest BCUT2D eigenvalue weighted by Crippen LogP contribution is 2.27. The Balaban J connectivity index is 0.00000134. The van der Waals surface area contributed by atoms with Gasteiger partial charge < -0.3 is 14.8 Å². The normalized spacial score (nSPS) is 15.4. The minimum atomic E-state index is -0.605. The van der Waals surface area contributed by atoms with Crippen molar-refractivity contribution in [2.75, 3.05) is 26.7 Å². The molecule has 1 fully saturated rings. The summed E-state index contributed by atoms with van der Waals surface area (Å²) in [6.07, 6.45) is 2.29. The lowest BCUT2D eigenvalue weighted by molar-refractivity contribution is -0.135. The van der Waals surface area contributed by atoms with Crippen molar-refractivity contribution >= 4 is 11.7 Å². The van der Waals surface area contributed by atoms with Gasteiger partial charge in [0, 0.05) is 5.56 Å². The fraction of sp³-hybridized carbons (Fsp3) is 0.600. The van der Waals surface area contributed by atoms with Crippen LogP contribution in [0.2, 0.25) is 0 Å². The summed E-state index contributed by atoms with van der Waals surface area (Å²) < 4.78 is 4.87. The number of nitrogens with zero attached hydrogens (tertiary/aromatic N) is 2. The van der Waals surface area contributed by atoms with E-state index in [0.29, 0.717) is 11.5 Å². The van der Waals surface area contributed by atoms with E-state index in [-0.39, 0.29) is 12.3 Å². The maximum atomic E-state index is 11.7. The molecule has 1 N–H and O–H groups in total. The number of likely N-dealkylation sites (tertiary alicyclic amines) is 1. The third-order valence-corrected chi connectivity index (χ3v) is 3.94. The van der Waals surface area contributed by atoms with Crippen molar-refractivity contribution < 1.29 is 14.7 Å². The summed E-state index contributed by atoms with van der Waals surface area (Å²) in [5, 5.41) is 12.1. The van der Waals surface area contributed by atoms with Gasteiger partial charge in [-0.25, -0.2) is 4.79 Å². The van der Waals surface area contributed by atoms with Crippen LogP contribution in [0.25, 0.3) is 0 Å². The van der Waals surface area contributed by atoms with Gasteiger partial charge in [0.25, 0.3) is 0 Å². The molecule has 2 rings (SSSR count). The number of carbonyl (C=O) groups is 1. The molecule has 5 nitrogen and oxygen atoms in total. The van der Waals surface area contributed by atoms with E-state index in [1.54, 1.807) is 6.92 Å². The van der Waals surface area contributed by atoms with Gasteiger partial charge in [0.15, 0.2) is 5.71 Å². The van der Waals surface area contributed by atoms with Crippen LogP contribution in [0.4, 0.5) is 0 Å². The van der Waals surface area contributed by atoms with Gasteiger partial charge in [-0.1, -0.05) is 57.1 Å². The molecule has 0 aromatic heterocycles. The van der Waals surface area contributed by atoms with Crippen LogP contribution in [-0.4, -0.2) is 48.5 Å². The number of rotatable bonds is 4. The highest BCUT2D eigenvalue weighted by molar-refractivity contribution is 6.43. The van der Waals surface area contributed by atoms with Gasteiger partial charge in [-0.05, 0) is 51.4 Å². The van der Waals surface area contributed by atoms with E-state index in [0.717, 1.165) is 25.9 Å². The third-order valence-electron chi connectivity index (χ3n) is 3.94. The molecule has 0 spiro atoms. The van der Waals surface area contributed by atoms with E-state index in [1.807, 2.05) is 52.0 Å². The minimum Gasteiger partial charge on any atom is -0.461 e. The Morgan fingerprint density at radius 1 is 1.16 bits per heavy atom. The fourth-order valence-corrected chi connectivity index (χ4v) is 2.67. The summed E-state index contributed by atoms with van der Waals surface area (Å²) in [4.78, 5) is 14.0. The summed E-state index contributed by atoms with van der Waals surface area (Å²) >= 11 is 0. The Morgan fingerprint density at radius 3 is 2.12 bits per heavy atom. The number of piperidine rings is 1. The number of esters is 1. The molecule has 1 aliphatic rings. The van der Waals surface area contributed by atoms with Crippen LogP contribution in [0.15, 0.2) is 29.4 Å². The predicted molar refractivity (Wildman–Crippen MR) is 104 cm³/mol. The zero-order valence-corrected chi connectivity index (χ0v) is 16.6. The number of ether oxygens (including phenoxy) is 1. The largest absolute Gasteiger partial charge is 0.461 e. The molecule has 0 aliphatic carbocycles. The fourth-order valence-electron chi connectivity index (χ4n) is 2.67. The first kappa shape index (κ1) is 23.1. The first-order valence-corrected chi connectivity index (χ1v) is 9.33. The van der Waals surface area contributed by atoms with Gasteiger partial charge in [0.05, 0.1) is 6.61 Å². The molecule has 1 heterocycles. The van der Waals surface area contributed by atoms with Crippen molar-refractivity contribution in [1.82, 2.24) is 4.90 Å². The van der Waals surface area contributed by atoms with Crippen LogP contribution < -0.4 is 0 Å². The van der Waals surface area contributed by atoms with Crippen LogP contribution in [0.1, 0.15) is 64.5 Å². The Hall–Kier alpha value is -1.88. The summed E-state index contributed by atoms with van der Waals surface area (Å²) in [6.45, 7) is 12.2. The topological polar surface area (TPSA) is 62.1 Å². The Kier molecular flexibility index (Phi) is 12.4. The van der Waals surface area contributed by atoms with Crippen LogP contribution >= 0.6 is 0 Å². The predicted octanol–water partition coefficient (Wildman–Crippen LogP) is 4.29. The number of oxime groups is 1. The second kappa shape index (κ2) is 13.4. The zero-order valence-electron chi connectivity index (χ0n) is 16.6. The Morgan fingerprint density at radius 2 is 1.68 bits per heavy atom. The van der Waals surface area contributed by atoms with E-state index < -0.39 is 5.97 Å². The highest BCUT2D eigenvalue weighted by Gasteiger charge is 2.20. The lowest BCUT2D eigenvalue weighted by atomic mass is 9.89. The second-order valence-electron chi connectivity index (χ2n) is 5.37. The molecule has 1 aliphatic heterocycles. The van der Waals surface area contributed by atoms with E-state index in [2.05, 4.69) is 17.1 Å². The van der Waals surface area contributed by atoms with Crippen molar-refractivity contribution in [2.24, 2.45) is 5.16 Å². The zero-order chi connectivity index (χ0) is 19.2. The maximum absolute atomic E-state index is 11.7. The Labute approximate surface area is 152 Å². The highest BCUT2D eigenvalue weighted by atomic mass is 16.5. The standard InChI is InChI=1S/C16H22N2O3.2C2H6/c1-3-21-16(19)15(17-20)14-6-4-12(5-7-14)13-8-10-18(2)11-9-13;2*1-2/h4-7,13,20H,3,8-11H2,1-2H3;2*1-2H3/b17-15+;;. The smallest absolute Gasteiger partial charge is 0.361 e. The molecular formula is C20H34N2O3. The van der Waals surface area contributed by atoms with Crippen molar-refractivity contribution in [2.45, 2.75) is 53.4 Å². The molecule has 1 aromatic rings. The molecule has 1 saturated heterocycles. The average molecular weight is 351 g/mol. The third kappa shape index (κ3) is 7.26. The monoisotopic (exact) mass is 350 g/mol. The number of carbonyl (C=O) groups excluding carboxylic acids is 1. The van der Waals surface area contributed by atoms with Gasteiger partial charge in [0.1, 0.15) is 0 Å². The first-order chi connectivity index (χ1) is 12.2. The lowest BCUT2D eigenvalue weighted by Gasteiger charge is -2.29. The number of hydrogen-bond donors (Lipinski definition) is 1. The van der Waals surface area contributed by atoms with Crippen molar-refractivity contribution in [3.05, 3.63) is 35.4 Å². The molecule has 0 atom stereocenters. The SMILES string of the molecule is CC.CC.CCOC(=O)/C(=N/O)c1ccc(C2CCN(C)CC2)cc1. The molecule has 0 unspecified atom stereocenters. The van der Waals surface area contributed by atoms with E-state index in [4.69, 9.17) is 9.94 Å². The number of hydrogen-bond acceptors (Lipinski definition) is 5. The minimum absolute atomic E-state index is 0.0493. The molecule has 0 bridgehead atoms. The van der Waals surface area contributed by atoms with Crippen molar-refractivity contribution in [1.29, 1.82) is 0 Å². The molecule has 1 aromatic carbocycles. The molecular weight excluding hydrogens is 316 g/mol. The Bertz CT molecular complexity index is 504. The van der Waals surface area contributed by atoms with Crippen molar-refractivity contribution in [3.63, 3.8) is 0 Å². The van der Waals surface area contributed by atoms with E-state index in [1.165, 1.54) is 5.56 Å². The van der Waals surface area contributed by atoms with Crippen LogP contribution in [0, 0.1) is 0 Å². The van der Waals surface area contributed by atoms with E-state index >= 15 is 0 Å². The van der Waals surface area contributed by atoms with Crippen molar-refractivity contribution in [3.8, 4) is 0 Å². The average Bonchev–Trinajstić information content (AvgIpc) is 2.67. The summed E-state index contributed by atoms with van der Waals surface area (Å²) in [6, 6.07) is 7.66. The van der Waals surface area contributed by atoms with Crippen LogP contribution in [0.3, 0.4) is 0 Å². The molecule has 0 amide bonds. The first-order valence-electron chi connectivity index (χ1n) is 9.33. The quantitative estimate of drug-likeness (QED) is 0.381. The number of benzene rings is 1. The molecule has 0 radical (unpaired) electrons. The lowest BCUT2D eigenvalue weighted by Crippen LogP contribution is -2.29. The molecule has 0 saturated carbocycles. The van der Waals surface area contributed by atoms with Gasteiger partial charge in [0.2, 0.25) is 0 Å². The summed E-state index contributed by atoms with van der Waals surface area (Å²) in [5.41, 5.74) is 1.80. The van der Waals surface area contributed by atoms with Gasteiger partial charge in [-0.2, -0.15) is 0 Å². The van der Waals surface area contributed by atoms with Gasteiger partial charge in [-0.3, -0.25) is 0 Å². The van der Waals surface area contributed by atoms with Gasteiger partial charge in [-0.15, -0.1) is 0 Å². The van der Waals surface area contributed by atoms with Crippen LogP contribution in [-0.2, 0) is 9.53 Å². The summed E-state index contributed by atoms with van der Waals surface area (Å²) in [5.74, 6) is -0.0422. The molecule has 142 valence electrons. The second-order valence-corrected chi connectivity index (χ2v) is 5.37. The maximum Gasteiger partial charge on any atom is 0.361 e. The van der Waals surface area contributed by atoms with Gasteiger partial charge >= 0.3 is 5.97 Å². The molecule has 5 heteroatoms.